The molecule has 1 aliphatic heterocycles. The van der Waals surface area contributed by atoms with Crippen molar-refractivity contribution in [2.24, 2.45) is 17.6 Å². The van der Waals surface area contributed by atoms with Crippen LogP contribution in [0.4, 0.5) is 5.69 Å². The second-order valence-electron chi connectivity index (χ2n) is 10.5. The Morgan fingerprint density at radius 1 is 0.941 bits per heavy atom. The zero-order valence-corrected chi connectivity index (χ0v) is 20.8. The van der Waals surface area contributed by atoms with Crippen LogP contribution in [0.2, 0.25) is 5.02 Å². The summed E-state index contributed by atoms with van der Waals surface area (Å²) < 4.78 is 0. The van der Waals surface area contributed by atoms with E-state index in [1.165, 1.54) is 50.0 Å². The summed E-state index contributed by atoms with van der Waals surface area (Å²) in [6.07, 6.45) is 6.15. The number of carbonyl (C=O) groups excluding carboxylic acids is 1. The fourth-order valence-corrected chi connectivity index (χ4v) is 5.22. The normalized spacial score (nSPS) is 19.5. The minimum atomic E-state index is -0.515. The van der Waals surface area contributed by atoms with Crippen LogP contribution >= 0.6 is 11.6 Å². The Morgan fingerprint density at radius 3 is 2.18 bits per heavy atom. The fourth-order valence-electron chi connectivity index (χ4n) is 5.09. The number of halogens is 1. The van der Waals surface area contributed by atoms with E-state index in [0.717, 1.165) is 50.1 Å². The molecule has 182 valence electrons. The first-order valence-electron chi connectivity index (χ1n) is 12.9. The van der Waals surface area contributed by atoms with Gasteiger partial charge in [0.1, 0.15) is 0 Å². The summed E-state index contributed by atoms with van der Waals surface area (Å²) in [5.74, 6) is 1.87. The summed E-state index contributed by atoms with van der Waals surface area (Å²) in [5.41, 5.74) is 10.1. The number of para-hydroxylation sites is 1. The highest BCUT2D eigenvalue weighted by Gasteiger charge is 2.30. The second-order valence-corrected chi connectivity index (χ2v) is 10.9. The molecule has 6 heteroatoms. The molecule has 2 aliphatic carbocycles. The monoisotopic (exact) mass is 480 g/mol. The third-order valence-electron chi connectivity index (χ3n) is 7.43. The van der Waals surface area contributed by atoms with E-state index in [9.17, 15) is 4.79 Å². The van der Waals surface area contributed by atoms with E-state index in [0.29, 0.717) is 11.4 Å². The van der Waals surface area contributed by atoms with Crippen LogP contribution in [-0.4, -0.2) is 61.0 Å². The largest absolute Gasteiger partial charge is 0.368 e. The molecule has 0 bridgehead atoms. The number of amides is 1. The zero-order valence-electron chi connectivity index (χ0n) is 20.0. The molecule has 34 heavy (non-hydrogen) atoms. The lowest BCUT2D eigenvalue weighted by Gasteiger charge is -2.38. The number of nitrogens with zero attached hydrogens (tertiary/aromatic N) is 3. The van der Waals surface area contributed by atoms with Crippen LogP contribution in [-0.2, 0) is 17.8 Å². The number of nitrogens with two attached hydrogens (primary N) is 1. The van der Waals surface area contributed by atoms with Crippen molar-refractivity contribution in [1.29, 1.82) is 0 Å². The van der Waals surface area contributed by atoms with Crippen LogP contribution in [0.1, 0.15) is 36.8 Å². The van der Waals surface area contributed by atoms with Gasteiger partial charge in [0.25, 0.3) is 0 Å². The Hall–Kier alpha value is -2.08. The Morgan fingerprint density at radius 2 is 1.56 bits per heavy atom. The number of carbonyl (C=O) groups is 1. The first kappa shape index (κ1) is 23.7. The van der Waals surface area contributed by atoms with E-state index in [1.54, 1.807) is 0 Å². The lowest BCUT2D eigenvalue weighted by atomic mass is 10.0. The molecule has 2 N–H and O–H groups in total. The molecule has 0 aromatic heterocycles. The van der Waals surface area contributed by atoms with Crippen molar-refractivity contribution in [2.45, 2.75) is 44.7 Å². The molecular weight excluding hydrogens is 444 g/mol. The van der Waals surface area contributed by atoms with Crippen molar-refractivity contribution in [3.8, 4) is 0 Å². The van der Waals surface area contributed by atoms with Crippen LogP contribution in [0, 0.1) is 11.8 Å². The van der Waals surface area contributed by atoms with Crippen LogP contribution in [0.25, 0.3) is 0 Å². The lowest BCUT2D eigenvalue weighted by molar-refractivity contribution is -0.132. The van der Waals surface area contributed by atoms with Gasteiger partial charge in [0.2, 0.25) is 5.91 Å². The van der Waals surface area contributed by atoms with Gasteiger partial charge in [-0.2, -0.15) is 0 Å². The number of piperazine rings is 1. The van der Waals surface area contributed by atoms with Gasteiger partial charge < -0.3 is 15.5 Å². The minimum Gasteiger partial charge on any atom is -0.368 e. The van der Waals surface area contributed by atoms with E-state index in [1.807, 2.05) is 29.2 Å². The molecule has 1 heterocycles. The summed E-state index contributed by atoms with van der Waals surface area (Å²) in [5, 5.41) is 0.697. The Labute approximate surface area is 208 Å². The van der Waals surface area contributed by atoms with E-state index < -0.39 is 6.04 Å². The molecule has 5 nitrogen and oxygen atoms in total. The first-order valence-corrected chi connectivity index (χ1v) is 13.3. The van der Waals surface area contributed by atoms with Gasteiger partial charge in [0, 0.05) is 56.5 Å². The molecule has 2 aromatic carbocycles. The van der Waals surface area contributed by atoms with Crippen LogP contribution in [0.15, 0.2) is 48.5 Å². The maximum absolute atomic E-state index is 13.0. The molecule has 1 saturated heterocycles. The summed E-state index contributed by atoms with van der Waals surface area (Å²) >= 11 is 5.97. The Kier molecular flexibility index (Phi) is 7.43. The van der Waals surface area contributed by atoms with Gasteiger partial charge in [0.15, 0.2) is 0 Å². The molecule has 2 saturated carbocycles. The molecule has 1 amide bonds. The highest BCUT2D eigenvalue weighted by atomic mass is 35.5. The summed E-state index contributed by atoms with van der Waals surface area (Å²) in [7, 11) is 0. The van der Waals surface area contributed by atoms with Gasteiger partial charge in [-0.25, -0.2) is 0 Å². The number of benzene rings is 2. The number of anilines is 1. The summed E-state index contributed by atoms with van der Waals surface area (Å²) in [4.78, 5) is 20.1. The van der Waals surface area contributed by atoms with Gasteiger partial charge in [-0.15, -0.1) is 0 Å². The van der Waals surface area contributed by atoms with Crippen molar-refractivity contribution in [3.63, 3.8) is 0 Å². The third-order valence-corrected chi connectivity index (χ3v) is 7.68. The quantitative estimate of drug-likeness (QED) is 0.554. The second kappa shape index (κ2) is 10.7. The van der Waals surface area contributed by atoms with Crippen molar-refractivity contribution in [3.05, 3.63) is 64.7 Å². The third kappa shape index (κ3) is 6.32. The van der Waals surface area contributed by atoms with Gasteiger partial charge in [-0.1, -0.05) is 41.9 Å². The van der Waals surface area contributed by atoms with Crippen LogP contribution in [0.5, 0.6) is 0 Å². The van der Waals surface area contributed by atoms with Crippen molar-refractivity contribution in [1.82, 2.24) is 9.80 Å². The predicted molar refractivity (Wildman–Crippen MR) is 139 cm³/mol. The van der Waals surface area contributed by atoms with E-state index in [-0.39, 0.29) is 5.91 Å². The lowest BCUT2D eigenvalue weighted by Crippen LogP contribution is -2.53. The summed E-state index contributed by atoms with van der Waals surface area (Å²) in [6.45, 7) is 6.67. The Bertz CT molecular complexity index is 951. The maximum Gasteiger partial charge on any atom is 0.239 e. The molecule has 3 fully saturated rings. The Balaban J connectivity index is 1.17. The topological polar surface area (TPSA) is 52.8 Å². The van der Waals surface area contributed by atoms with Gasteiger partial charge in [0.05, 0.1) is 6.04 Å². The molecule has 0 radical (unpaired) electrons. The average molecular weight is 481 g/mol. The van der Waals surface area contributed by atoms with Gasteiger partial charge >= 0.3 is 0 Å². The number of hydrogen-bond donors (Lipinski definition) is 1. The van der Waals surface area contributed by atoms with Gasteiger partial charge in [-0.3, -0.25) is 9.69 Å². The maximum atomic E-state index is 13.0. The van der Waals surface area contributed by atoms with Gasteiger partial charge in [-0.05, 0) is 73.3 Å². The molecule has 0 spiro atoms. The van der Waals surface area contributed by atoms with E-state index in [4.69, 9.17) is 17.3 Å². The van der Waals surface area contributed by atoms with E-state index >= 15 is 0 Å². The SMILES string of the molecule is NC(Cc1ccc(Cl)cc1)C(=O)N1CCN(c2ccccc2CN(CC2CC2)CC2CC2)CC1. The molecule has 2 aromatic rings. The predicted octanol–water partition coefficient (Wildman–Crippen LogP) is 4.18. The summed E-state index contributed by atoms with van der Waals surface area (Å²) in [6, 6.07) is 15.9. The minimum absolute atomic E-state index is 0.0444. The molecular formula is C28H37ClN4O. The molecule has 1 unspecified atom stereocenters. The first-order chi connectivity index (χ1) is 16.5. The standard InChI is InChI=1S/C28H37ClN4O/c29-25-11-9-21(10-12-25)17-26(30)28(34)33-15-13-32(14-16-33)27-4-2-1-3-24(27)20-31(18-22-5-6-22)19-23-7-8-23/h1-4,9-12,22-23,26H,5-8,13-20,30H2. The van der Waals surface area contributed by atoms with E-state index in [2.05, 4.69) is 34.1 Å². The molecule has 1 atom stereocenters. The zero-order chi connectivity index (χ0) is 23.5. The van der Waals surface area contributed by atoms with Crippen molar-refractivity contribution >= 4 is 23.2 Å². The van der Waals surface area contributed by atoms with Crippen molar-refractivity contribution < 1.29 is 4.79 Å². The number of rotatable bonds is 10. The van der Waals surface area contributed by atoms with Crippen LogP contribution in [0.3, 0.4) is 0 Å². The molecule has 3 aliphatic rings. The number of hydrogen-bond acceptors (Lipinski definition) is 4. The fraction of sp³-hybridized carbons (Fsp3) is 0.536. The highest BCUT2D eigenvalue weighted by molar-refractivity contribution is 6.30. The average Bonchev–Trinajstić information content (AvgIpc) is 3.78. The highest BCUT2D eigenvalue weighted by Crippen LogP contribution is 2.35. The van der Waals surface area contributed by atoms with Crippen molar-refractivity contribution in [2.75, 3.05) is 44.2 Å². The molecule has 5 rings (SSSR count). The van der Waals surface area contributed by atoms with Crippen LogP contribution < -0.4 is 10.6 Å². The smallest absolute Gasteiger partial charge is 0.239 e.